The summed E-state index contributed by atoms with van der Waals surface area (Å²) < 4.78 is 7.85. The van der Waals surface area contributed by atoms with Gasteiger partial charge < -0.3 is 9.84 Å². The zero-order valence-corrected chi connectivity index (χ0v) is 21.0. The molecule has 0 aliphatic heterocycles. The van der Waals surface area contributed by atoms with Gasteiger partial charge in [-0.05, 0) is 92.8 Å². The SMILES string of the molecule is O=C(O)CC(c1ccc2c(n1)CCCC2)n1ncc2cc(OCCc3ccc4c(n3)CCCC4)ccc21. The van der Waals surface area contributed by atoms with Crippen molar-refractivity contribution in [2.24, 2.45) is 0 Å². The number of hydrogen-bond acceptors (Lipinski definition) is 5. The third kappa shape index (κ3) is 5.08. The summed E-state index contributed by atoms with van der Waals surface area (Å²) in [6.07, 6.45) is 11.5. The van der Waals surface area contributed by atoms with Gasteiger partial charge in [0.2, 0.25) is 0 Å². The fourth-order valence-electron chi connectivity index (χ4n) is 5.68. The molecule has 0 saturated carbocycles. The molecule has 2 aliphatic carbocycles. The molecule has 1 N–H and O–H groups in total. The van der Waals surface area contributed by atoms with Gasteiger partial charge in [-0.15, -0.1) is 0 Å². The van der Waals surface area contributed by atoms with Gasteiger partial charge in [-0.2, -0.15) is 5.10 Å². The van der Waals surface area contributed by atoms with Gasteiger partial charge in [-0.1, -0.05) is 12.1 Å². The maximum Gasteiger partial charge on any atom is 0.305 e. The molecule has 37 heavy (non-hydrogen) atoms. The second-order valence-electron chi connectivity index (χ2n) is 10.2. The van der Waals surface area contributed by atoms with Crippen LogP contribution in [0, 0.1) is 0 Å². The molecule has 4 aromatic rings. The topological polar surface area (TPSA) is 90.1 Å². The Morgan fingerprint density at radius 1 is 0.919 bits per heavy atom. The molecule has 0 bridgehead atoms. The van der Waals surface area contributed by atoms with Gasteiger partial charge in [0.15, 0.2) is 0 Å². The van der Waals surface area contributed by atoms with E-state index in [1.165, 1.54) is 36.1 Å². The van der Waals surface area contributed by atoms with Gasteiger partial charge in [-0.25, -0.2) is 0 Å². The summed E-state index contributed by atoms with van der Waals surface area (Å²) in [7, 11) is 0. The van der Waals surface area contributed by atoms with E-state index in [9.17, 15) is 9.90 Å². The van der Waals surface area contributed by atoms with Crippen molar-refractivity contribution in [3.63, 3.8) is 0 Å². The van der Waals surface area contributed by atoms with Gasteiger partial charge in [0.1, 0.15) is 11.8 Å². The maximum atomic E-state index is 11.8. The predicted molar refractivity (Wildman–Crippen MR) is 141 cm³/mol. The van der Waals surface area contributed by atoms with Crippen LogP contribution in [-0.2, 0) is 36.9 Å². The van der Waals surface area contributed by atoms with Crippen LogP contribution < -0.4 is 4.74 Å². The van der Waals surface area contributed by atoms with E-state index in [1.807, 2.05) is 24.3 Å². The largest absolute Gasteiger partial charge is 0.493 e. The standard InChI is InChI=1S/C30H32N4O3/c35-30(36)18-29(27-13-10-21-6-2-4-8-26(21)33-27)34-28-14-12-24(17-22(28)19-31-34)37-16-15-23-11-9-20-5-1-3-7-25(20)32-23/h9-14,17,19,29H,1-8,15-16,18H2,(H,35,36). The molecule has 0 fully saturated rings. The minimum absolute atomic E-state index is 0.0748. The van der Waals surface area contributed by atoms with Crippen LogP contribution in [-0.4, -0.2) is 37.4 Å². The smallest absolute Gasteiger partial charge is 0.305 e. The number of aryl methyl sites for hydroxylation is 4. The molecule has 190 valence electrons. The normalized spacial score (nSPS) is 15.7. The number of fused-ring (bicyclic) bond motifs is 3. The lowest BCUT2D eigenvalue weighted by Crippen LogP contribution is -2.19. The van der Waals surface area contributed by atoms with Crippen molar-refractivity contribution in [1.29, 1.82) is 0 Å². The van der Waals surface area contributed by atoms with Crippen LogP contribution in [0.5, 0.6) is 5.75 Å². The molecule has 3 heterocycles. The number of aromatic nitrogens is 4. The van der Waals surface area contributed by atoms with Crippen molar-refractivity contribution in [2.75, 3.05) is 6.61 Å². The summed E-state index contributed by atoms with van der Waals surface area (Å²) in [4.78, 5) is 21.5. The highest BCUT2D eigenvalue weighted by Crippen LogP contribution is 2.30. The molecule has 0 saturated heterocycles. The lowest BCUT2D eigenvalue weighted by molar-refractivity contribution is -0.137. The molecule has 1 atom stereocenters. The molecular weight excluding hydrogens is 464 g/mol. The number of hydrogen-bond donors (Lipinski definition) is 1. The Balaban J connectivity index is 1.19. The van der Waals surface area contributed by atoms with Crippen molar-refractivity contribution < 1.29 is 14.6 Å². The zero-order valence-electron chi connectivity index (χ0n) is 21.0. The van der Waals surface area contributed by atoms with Crippen LogP contribution in [0.25, 0.3) is 10.9 Å². The molecule has 3 aromatic heterocycles. The summed E-state index contributed by atoms with van der Waals surface area (Å²) >= 11 is 0. The Bertz CT molecular complexity index is 1440. The van der Waals surface area contributed by atoms with E-state index in [-0.39, 0.29) is 6.42 Å². The number of carbonyl (C=O) groups is 1. The van der Waals surface area contributed by atoms with E-state index in [0.717, 1.165) is 72.3 Å². The quantitative estimate of drug-likeness (QED) is 0.357. The van der Waals surface area contributed by atoms with Crippen molar-refractivity contribution in [2.45, 2.75) is 70.3 Å². The van der Waals surface area contributed by atoms with E-state index in [0.29, 0.717) is 6.61 Å². The molecule has 1 unspecified atom stereocenters. The van der Waals surface area contributed by atoms with E-state index in [2.05, 4.69) is 23.3 Å². The van der Waals surface area contributed by atoms with Crippen molar-refractivity contribution in [1.82, 2.24) is 19.7 Å². The van der Waals surface area contributed by atoms with Gasteiger partial charge in [0.05, 0.1) is 30.4 Å². The molecule has 0 spiro atoms. The number of carboxylic acids is 1. The lowest BCUT2D eigenvalue weighted by atomic mass is 9.95. The second kappa shape index (κ2) is 10.3. The van der Waals surface area contributed by atoms with Crippen LogP contribution in [0.3, 0.4) is 0 Å². The average molecular weight is 497 g/mol. The molecule has 7 nitrogen and oxygen atoms in total. The summed E-state index contributed by atoms with van der Waals surface area (Å²) in [5.41, 5.74) is 7.72. The molecule has 1 aromatic carbocycles. The Labute approximate surface area is 216 Å². The lowest BCUT2D eigenvalue weighted by Gasteiger charge is -2.20. The summed E-state index contributed by atoms with van der Waals surface area (Å²) in [6, 6.07) is 13.8. The highest BCUT2D eigenvalue weighted by molar-refractivity contribution is 5.81. The molecule has 0 radical (unpaired) electrons. The molecular formula is C30H32N4O3. The first-order valence-corrected chi connectivity index (χ1v) is 13.4. The monoisotopic (exact) mass is 496 g/mol. The van der Waals surface area contributed by atoms with Crippen LogP contribution in [0.1, 0.15) is 72.0 Å². The van der Waals surface area contributed by atoms with E-state index in [1.54, 1.807) is 10.9 Å². The summed E-state index contributed by atoms with van der Waals surface area (Å²) in [5, 5.41) is 15.2. The first-order chi connectivity index (χ1) is 18.1. The Morgan fingerprint density at radius 3 is 2.43 bits per heavy atom. The number of benzene rings is 1. The van der Waals surface area contributed by atoms with Crippen molar-refractivity contribution >= 4 is 16.9 Å². The number of carboxylic acid groups (broad SMARTS) is 1. The highest BCUT2D eigenvalue weighted by Gasteiger charge is 2.24. The third-order valence-corrected chi connectivity index (χ3v) is 7.63. The van der Waals surface area contributed by atoms with Gasteiger partial charge in [0.25, 0.3) is 0 Å². The number of nitrogens with zero attached hydrogens (tertiary/aromatic N) is 4. The van der Waals surface area contributed by atoms with Crippen molar-refractivity contribution in [3.8, 4) is 5.75 Å². The summed E-state index contributed by atoms with van der Waals surface area (Å²) in [6.45, 7) is 0.548. The average Bonchev–Trinajstić information content (AvgIpc) is 3.34. The van der Waals surface area contributed by atoms with E-state index >= 15 is 0 Å². The van der Waals surface area contributed by atoms with Crippen molar-refractivity contribution in [3.05, 3.63) is 82.6 Å². The Hall–Kier alpha value is -3.74. The molecule has 0 amide bonds. The van der Waals surface area contributed by atoms with Crippen LogP contribution in [0.4, 0.5) is 0 Å². The number of rotatable bonds is 8. The second-order valence-corrected chi connectivity index (χ2v) is 10.2. The van der Waals surface area contributed by atoms with Crippen LogP contribution in [0.2, 0.25) is 0 Å². The van der Waals surface area contributed by atoms with E-state index in [4.69, 9.17) is 14.7 Å². The van der Waals surface area contributed by atoms with Crippen LogP contribution >= 0.6 is 0 Å². The predicted octanol–water partition coefficient (Wildman–Crippen LogP) is 5.27. The first kappa shape index (κ1) is 23.6. The van der Waals surface area contributed by atoms with Gasteiger partial charge in [0, 0.05) is 28.9 Å². The van der Waals surface area contributed by atoms with Crippen LogP contribution in [0.15, 0.2) is 48.7 Å². The number of aliphatic carboxylic acids is 1. The third-order valence-electron chi connectivity index (χ3n) is 7.63. The minimum Gasteiger partial charge on any atom is -0.493 e. The Morgan fingerprint density at radius 2 is 1.65 bits per heavy atom. The minimum atomic E-state index is -0.871. The number of ether oxygens (including phenoxy) is 1. The fourth-order valence-corrected chi connectivity index (χ4v) is 5.68. The summed E-state index contributed by atoms with van der Waals surface area (Å²) in [5.74, 6) is -0.101. The molecule has 7 heteroatoms. The highest BCUT2D eigenvalue weighted by atomic mass is 16.5. The molecule has 6 rings (SSSR count). The van der Waals surface area contributed by atoms with Gasteiger partial charge >= 0.3 is 5.97 Å². The van der Waals surface area contributed by atoms with E-state index < -0.39 is 12.0 Å². The fraction of sp³-hybridized carbons (Fsp3) is 0.400. The molecule has 2 aliphatic rings. The zero-order chi connectivity index (χ0) is 25.2. The number of pyridine rings is 2. The van der Waals surface area contributed by atoms with Gasteiger partial charge in [-0.3, -0.25) is 19.4 Å². The first-order valence-electron chi connectivity index (χ1n) is 13.4. The Kier molecular flexibility index (Phi) is 6.60. The maximum absolute atomic E-state index is 11.8.